The molecule has 112 valence electrons. The number of hydrogen-bond donors (Lipinski definition) is 1. The molecule has 1 N–H and O–H groups in total. The van der Waals surface area contributed by atoms with Crippen LogP contribution < -0.4 is 4.74 Å². The number of rotatable bonds is 6. The molecule has 0 saturated heterocycles. The fourth-order valence-electron chi connectivity index (χ4n) is 3.20. The van der Waals surface area contributed by atoms with Crippen LogP contribution in [0.3, 0.4) is 0 Å². The summed E-state index contributed by atoms with van der Waals surface area (Å²) in [5.74, 6) is 1.35. The van der Waals surface area contributed by atoms with E-state index in [4.69, 9.17) is 4.74 Å². The van der Waals surface area contributed by atoms with Gasteiger partial charge in [-0.2, -0.15) is 0 Å². The van der Waals surface area contributed by atoms with E-state index in [0.717, 1.165) is 43.6 Å². The van der Waals surface area contributed by atoms with Gasteiger partial charge in [0.1, 0.15) is 5.75 Å². The van der Waals surface area contributed by atoms with Gasteiger partial charge in [-0.3, -0.25) is 0 Å². The minimum Gasteiger partial charge on any atom is -0.492 e. The van der Waals surface area contributed by atoms with Crippen LogP contribution in [-0.2, 0) is 5.41 Å². The van der Waals surface area contributed by atoms with Gasteiger partial charge in [0.05, 0.1) is 12.7 Å². The van der Waals surface area contributed by atoms with Gasteiger partial charge in [-0.05, 0) is 36.5 Å². The summed E-state index contributed by atoms with van der Waals surface area (Å²) in [5, 5.41) is 10.7. The highest BCUT2D eigenvalue weighted by Gasteiger charge is 2.32. The van der Waals surface area contributed by atoms with Gasteiger partial charge in [-0.15, -0.1) is 0 Å². The fourth-order valence-corrected chi connectivity index (χ4v) is 3.20. The van der Waals surface area contributed by atoms with Crippen molar-refractivity contribution in [3.05, 3.63) is 29.3 Å². The van der Waals surface area contributed by atoms with Crippen molar-refractivity contribution in [3.63, 3.8) is 0 Å². The molecule has 0 aromatic heterocycles. The average molecular weight is 276 g/mol. The van der Waals surface area contributed by atoms with E-state index in [9.17, 15) is 5.11 Å². The first-order valence-electron chi connectivity index (χ1n) is 7.95. The van der Waals surface area contributed by atoms with Crippen LogP contribution >= 0.6 is 0 Å². The predicted octanol–water partition coefficient (Wildman–Crippen LogP) is 4.61. The minimum atomic E-state index is -0.350. The Morgan fingerprint density at radius 1 is 1.20 bits per heavy atom. The van der Waals surface area contributed by atoms with Gasteiger partial charge in [0, 0.05) is 11.0 Å². The zero-order valence-corrected chi connectivity index (χ0v) is 13.3. The van der Waals surface area contributed by atoms with Gasteiger partial charge in [0.15, 0.2) is 0 Å². The largest absolute Gasteiger partial charge is 0.492 e. The molecule has 0 radical (unpaired) electrons. The highest BCUT2D eigenvalue weighted by Crippen LogP contribution is 2.41. The van der Waals surface area contributed by atoms with E-state index in [1.54, 1.807) is 0 Å². The molecule has 0 aliphatic carbocycles. The van der Waals surface area contributed by atoms with E-state index < -0.39 is 0 Å². The van der Waals surface area contributed by atoms with Crippen LogP contribution in [0, 0.1) is 5.92 Å². The van der Waals surface area contributed by atoms with Gasteiger partial charge >= 0.3 is 0 Å². The fraction of sp³-hybridized carbons (Fsp3) is 0.667. The number of fused-ring (bicyclic) bond motifs is 1. The lowest BCUT2D eigenvalue weighted by molar-refractivity contribution is 0.0963. The molecule has 20 heavy (non-hydrogen) atoms. The smallest absolute Gasteiger partial charge is 0.123 e. The number of ether oxygens (including phenoxy) is 1. The molecule has 1 unspecified atom stereocenters. The molecule has 1 aromatic carbocycles. The Bertz CT molecular complexity index is 445. The summed E-state index contributed by atoms with van der Waals surface area (Å²) in [6, 6.07) is 6.21. The number of benzene rings is 1. The molecule has 0 spiro atoms. The van der Waals surface area contributed by atoms with Crippen molar-refractivity contribution in [2.45, 2.75) is 64.9 Å². The molecular weight excluding hydrogens is 248 g/mol. The summed E-state index contributed by atoms with van der Waals surface area (Å²) in [4.78, 5) is 0. The second-order valence-electron chi connectivity index (χ2n) is 6.71. The van der Waals surface area contributed by atoms with Crippen molar-refractivity contribution in [2.75, 3.05) is 6.61 Å². The maximum absolute atomic E-state index is 10.7. The first kappa shape index (κ1) is 15.4. The summed E-state index contributed by atoms with van der Waals surface area (Å²) < 4.78 is 5.72. The lowest BCUT2D eigenvalue weighted by atomic mass is 9.83. The number of aliphatic hydroxyl groups is 1. The second-order valence-corrected chi connectivity index (χ2v) is 6.71. The Labute approximate surface area is 123 Å². The van der Waals surface area contributed by atoms with E-state index >= 15 is 0 Å². The summed E-state index contributed by atoms with van der Waals surface area (Å²) in [5.41, 5.74) is 2.34. The lowest BCUT2D eigenvalue weighted by Crippen LogP contribution is -2.19. The number of aliphatic hydroxyl groups excluding tert-OH is 1. The molecule has 1 aliphatic rings. The molecule has 1 aromatic rings. The maximum atomic E-state index is 10.7. The lowest BCUT2D eigenvalue weighted by Gasteiger charge is -2.24. The van der Waals surface area contributed by atoms with Crippen LogP contribution in [0.5, 0.6) is 5.75 Å². The molecule has 2 nitrogen and oxygen atoms in total. The molecule has 0 amide bonds. The Balaban J connectivity index is 2.24. The van der Waals surface area contributed by atoms with Gasteiger partial charge in [-0.1, -0.05) is 46.6 Å². The van der Waals surface area contributed by atoms with Gasteiger partial charge in [0.2, 0.25) is 0 Å². The first-order valence-corrected chi connectivity index (χ1v) is 7.95. The van der Waals surface area contributed by atoms with Crippen LogP contribution in [0.15, 0.2) is 18.2 Å². The summed E-state index contributed by atoms with van der Waals surface area (Å²) in [6.45, 7) is 9.51. The highest BCUT2D eigenvalue weighted by atomic mass is 16.5. The monoisotopic (exact) mass is 276 g/mol. The van der Waals surface area contributed by atoms with Crippen LogP contribution in [-0.4, -0.2) is 11.7 Å². The standard InChI is InChI=1S/C18H28O2/c1-5-7-13(8-6-2)17(19)14-9-10-16-15(11-14)18(3,4)12-20-16/h9-11,13,17,19H,5-8,12H2,1-4H3. The first-order chi connectivity index (χ1) is 9.49. The molecule has 0 fully saturated rings. The minimum absolute atomic E-state index is 0.0517. The van der Waals surface area contributed by atoms with Crippen LogP contribution in [0.25, 0.3) is 0 Å². The zero-order valence-electron chi connectivity index (χ0n) is 13.3. The molecule has 1 atom stereocenters. The molecule has 2 heteroatoms. The van der Waals surface area contributed by atoms with E-state index in [1.807, 2.05) is 12.1 Å². The van der Waals surface area contributed by atoms with E-state index in [1.165, 1.54) is 5.56 Å². The third-order valence-electron chi connectivity index (χ3n) is 4.43. The van der Waals surface area contributed by atoms with Crippen molar-refractivity contribution >= 4 is 0 Å². The van der Waals surface area contributed by atoms with Crippen molar-refractivity contribution < 1.29 is 9.84 Å². The highest BCUT2D eigenvalue weighted by molar-refractivity contribution is 5.45. The van der Waals surface area contributed by atoms with E-state index in [0.29, 0.717) is 5.92 Å². The van der Waals surface area contributed by atoms with Gasteiger partial charge < -0.3 is 9.84 Å². The molecule has 0 bridgehead atoms. The van der Waals surface area contributed by atoms with E-state index in [-0.39, 0.29) is 11.5 Å². The Hall–Kier alpha value is -1.02. The predicted molar refractivity (Wildman–Crippen MR) is 83.2 cm³/mol. The van der Waals surface area contributed by atoms with Gasteiger partial charge in [0.25, 0.3) is 0 Å². The molecule has 0 saturated carbocycles. The molecule has 1 aliphatic heterocycles. The summed E-state index contributed by atoms with van der Waals surface area (Å²) in [6.07, 6.45) is 4.08. The number of hydrogen-bond acceptors (Lipinski definition) is 2. The third-order valence-corrected chi connectivity index (χ3v) is 4.43. The molecular formula is C18H28O2. The summed E-state index contributed by atoms with van der Waals surface area (Å²) >= 11 is 0. The molecule has 1 heterocycles. The third kappa shape index (κ3) is 3.01. The second kappa shape index (κ2) is 6.17. The SMILES string of the molecule is CCCC(CCC)C(O)c1ccc2c(c1)C(C)(C)CO2. The Morgan fingerprint density at radius 3 is 2.45 bits per heavy atom. The van der Waals surface area contributed by atoms with E-state index in [2.05, 4.69) is 33.8 Å². The molecule has 2 rings (SSSR count). The van der Waals surface area contributed by atoms with Gasteiger partial charge in [-0.25, -0.2) is 0 Å². The van der Waals surface area contributed by atoms with Crippen molar-refractivity contribution in [1.82, 2.24) is 0 Å². The Morgan fingerprint density at radius 2 is 1.85 bits per heavy atom. The van der Waals surface area contributed by atoms with Crippen molar-refractivity contribution in [3.8, 4) is 5.75 Å². The topological polar surface area (TPSA) is 29.5 Å². The normalized spacial score (nSPS) is 17.9. The van der Waals surface area contributed by atoms with Crippen LogP contribution in [0.4, 0.5) is 0 Å². The summed E-state index contributed by atoms with van der Waals surface area (Å²) in [7, 11) is 0. The van der Waals surface area contributed by atoms with Crippen LogP contribution in [0.2, 0.25) is 0 Å². The maximum Gasteiger partial charge on any atom is 0.123 e. The van der Waals surface area contributed by atoms with Crippen molar-refractivity contribution in [1.29, 1.82) is 0 Å². The quantitative estimate of drug-likeness (QED) is 0.822. The Kier molecular flexibility index (Phi) is 4.74. The van der Waals surface area contributed by atoms with Crippen molar-refractivity contribution in [2.24, 2.45) is 5.92 Å². The average Bonchev–Trinajstić information content (AvgIpc) is 2.73. The zero-order chi connectivity index (χ0) is 14.8. The van der Waals surface area contributed by atoms with Crippen LogP contribution in [0.1, 0.15) is 70.6 Å².